The number of halogens is 1. The van der Waals surface area contributed by atoms with Crippen molar-refractivity contribution in [1.29, 1.82) is 0 Å². The monoisotopic (exact) mass is 485 g/mol. The summed E-state index contributed by atoms with van der Waals surface area (Å²) in [7, 11) is 0. The SMILES string of the molecule is Cc1cccc(Cn2cc(/C=C3\C(=O)NC(=S)N(c4cccc(Cl)c4)C3=O)c3ccccc32)c1. The number of carbonyl (C=O) groups excluding carboxylic acids is 2. The third-order valence-corrected chi connectivity index (χ3v) is 6.24. The molecule has 1 aromatic heterocycles. The zero-order chi connectivity index (χ0) is 23.8. The van der Waals surface area contributed by atoms with Crippen LogP contribution in [0.2, 0.25) is 5.02 Å². The minimum absolute atomic E-state index is 0.00651. The minimum Gasteiger partial charge on any atom is -0.342 e. The van der Waals surface area contributed by atoms with E-state index in [1.54, 1.807) is 30.3 Å². The van der Waals surface area contributed by atoms with Gasteiger partial charge in [0.25, 0.3) is 11.8 Å². The molecule has 2 amide bonds. The first-order valence-corrected chi connectivity index (χ1v) is 11.5. The van der Waals surface area contributed by atoms with E-state index < -0.39 is 11.8 Å². The van der Waals surface area contributed by atoms with E-state index >= 15 is 0 Å². The van der Waals surface area contributed by atoms with Gasteiger partial charge in [0.15, 0.2) is 5.11 Å². The minimum atomic E-state index is -0.524. The van der Waals surface area contributed by atoms with E-state index in [0.29, 0.717) is 17.3 Å². The maximum atomic E-state index is 13.4. The Balaban J connectivity index is 1.57. The molecule has 34 heavy (non-hydrogen) atoms. The lowest BCUT2D eigenvalue weighted by Gasteiger charge is -2.29. The molecular formula is C27H20ClN3O2S. The summed E-state index contributed by atoms with van der Waals surface area (Å²) < 4.78 is 2.13. The van der Waals surface area contributed by atoms with Crippen LogP contribution in [0.1, 0.15) is 16.7 Å². The quantitative estimate of drug-likeness (QED) is 0.236. The van der Waals surface area contributed by atoms with E-state index in [2.05, 4.69) is 35.0 Å². The van der Waals surface area contributed by atoms with Gasteiger partial charge in [-0.3, -0.25) is 19.8 Å². The summed E-state index contributed by atoms with van der Waals surface area (Å²) >= 11 is 11.4. The summed E-state index contributed by atoms with van der Waals surface area (Å²) in [5.41, 5.74) is 4.66. The van der Waals surface area contributed by atoms with Crippen LogP contribution >= 0.6 is 23.8 Å². The van der Waals surface area contributed by atoms with Crippen LogP contribution < -0.4 is 10.2 Å². The third-order valence-electron chi connectivity index (χ3n) is 5.72. The van der Waals surface area contributed by atoms with Crippen molar-refractivity contribution < 1.29 is 9.59 Å². The summed E-state index contributed by atoms with van der Waals surface area (Å²) in [6, 6.07) is 23.1. The maximum Gasteiger partial charge on any atom is 0.270 e. The number of carbonyl (C=O) groups is 2. The van der Waals surface area contributed by atoms with Crippen molar-refractivity contribution in [2.75, 3.05) is 4.90 Å². The molecule has 1 aliphatic heterocycles. The van der Waals surface area contributed by atoms with Crippen LogP contribution in [0.25, 0.3) is 17.0 Å². The predicted molar refractivity (Wildman–Crippen MR) is 140 cm³/mol. The fourth-order valence-electron chi connectivity index (χ4n) is 4.19. The van der Waals surface area contributed by atoms with Gasteiger partial charge in [0, 0.05) is 34.2 Å². The maximum absolute atomic E-state index is 13.4. The second kappa shape index (κ2) is 8.89. The Morgan fingerprint density at radius 3 is 2.59 bits per heavy atom. The first-order valence-electron chi connectivity index (χ1n) is 10.7. The number of thiocarbonyl (C=S) groups is 1. The van der Waals surface area contributed by atoms with Gasteiger partial charge in [-0.15, -0.1) is 0 Å². The Hall–Kier alpha value is -3.74. The number of amides is 2. The number of nitrogens with one attached hydrogen (secondary N) is 1. The number of aromatic nitrogens is 1. The number of benzene rings is 3. The van der Waals surface area contributed by atoms with Crippen LogP contribution in [0, 0.1) is 6.92 Å². The predicted octanol–water partition coefficient (Wildman–Crippen LogP) is 5.48. The largest absolute Gasteiger partial charge is 0.342 e. The highest BCUT2D eigenvalue weighted by atomic mass is 35.5. The Morgan fingerprint density at radius 2 is 1.79 bits per heavy atom. The van der Waals surface area contributed by atoms with Crippen LogP contribution in [0.15, 0.2) is 84.6 Å². The lowest BCUT2D eigenvalue weighted by atomic mass is 10.1. The van der Waals surface area contributed by atoms with Crippen molar-refractivity contribution >= 4 is 63.4 Å². The first-order chi connectivity index (χ1) is 16.4. The average Bonchev–Trinajstić information content (AvgIpc) is 3.14. The molecule has 0 unspecified atom stereocenters. The van der Waals surface area contributed by atoms with Gasteiger partial charge in [0.1, 0.15) is 5.57 Å². The van der Waals surface area contributed by atoms with Crippen molar-refractivity contribution in [1.82, 2.24) is 9.88 Å². The smallest absolute Gasteiger partial charge is 0.270 e. The second-order valence-electron chi connectivity index (χ2n) is 8.16. The van der Waals surface area contributed by atoms with Crippen molar-refractivity contribution in [3.05, 3.63) is 106 Å². The van der Waals surface area contributed by atoms with Gasteiger partial charge in [0.2, 0.25) is 0 Å². The molecule has 0 aliphatic carbocycles. The zero-order valence-electron chi connectivity index (χ0n) is 18.3. The van der Waals surface area contributed by atoms with E-state index in [0.717, 1.165) is 16.5 Å². The molecule has 0 bridgehead atoms. The normalized spacial score (nSPS) is 15.3. The zero-order valence-corrected chi connectivity index (χ0v) is 19.9. The fraction of sp³-hybridized carbons (Fsp3) is 0.0741. The van der Waals surface area contributed by atoms with E-state index in [4.69, 9.17) is 23.8 Å². The van der Waals surface area contributed by atoms with Crippen molar-refractivity contribution in [2.24, 2.45) is 0 Å². The average molecular weight is 486 g/mol. The molecule has 5 rings (SSSR count). The van der Waals surface area contributed by atoms with E-state index in [1.807, 2.05) is 36.5 Å². The Labute approximate surface area is 207 Å². The molecule has 7 heteroatoms. The van der Waals surface area contributed by atoms with Crippen LogP contribution in [0.3, 0.4) is 0 Å². The number of nitrogens with zero attached hydrogens (tertiary/aromatic N) is 2. The van der Waals surface area contributed by atoms with Crippen LogP contribution in [0.4, 0.5) is 5.69 Å². The molecule has 168 valence electrons. The van der Waals surface area contributed by atoms with E-state index in [1.165, 1.54) is 16.0 Å². The number of rotatable bonds is 4. The van der Waals surface area contributed by atoms with Gasteiger partial charge in [-0.25, -0.2) is 0 Å². The molecule has 4 aromatic rings. The van der Waals surface area contributed by atoms with Gasteiger partial charge >= 0.3 is 0 Å². The highest BCUT2D eigenvalue weighted by molar-refractivity contribution is 7.80. The van der Waals surface area contributed by atoms with E-state index in [-0.39, 0.29) is 10.7 Å². The van der Waals surface area contributed by atoms with Gasteiger partial charge in [-0.05, 0) is 55.0 Å². The van der Waals surface area contributed by atoms with Crippen LogP contribution in [-0.4, -0.2) is 21.5 Å². The topological polar surface area (TPSA) is 54.3 Å². The lowest BCUT2D eigenvalue weighted by Crippen LogP contribution is -2.54. The van der Waals surface area contributed by atoms with Crippen molar-refractivity contribution in [3.8, 4) is 0 Å². The van der Waals surface area contributed by atoms with Gasteiger partial charge in [-0.2, -0.15) is 0 Å². The van der Waals surface area contributed by atoms with Gasteiger partial charge in [-0.1, -0.05) is 65.7 Å². The summed E-state index contributed by atoms with van der Waals surface area (Å²) in [6.07, 6.45) is 3.60. The number of aryl methyl sites for hydroxylation is 1. The highest BCUT2D eigenvalue weighted by Gasteiger charge is 2.34. The highest BCUT2D eigenvalue weighted by Crippen LogP contribution is 2.28. The van der Waals surface area contributed by atoms with E-state index in [9.17, 15) is 9.59 Å². The van der Waals surface area contributed by atoms with Crippen LogP contribution in [-0.2, 0) is 16.1 Å². The number of anilines is 1. The molecule has 1 aliphatic rings. The molecular weight excluding hydrogens is 466 g/mol. The van der Waals surface area contributed by atoms with Gasteiger partial charge in [0.05, 0.1) is 5.69 Å². The lowest BCUT2D eigenvalue weighted by molar-refractivity contribution is -0.122. The fourth-order valence-corrected chi connectivity index (χ4v) is 4.66. The Kier molecular flexibility index (Phi) is 5.77. The molecule has 2 heterocycles. The molecule has 0 radical (unpaired) electrons. The molecule has 0 saturated carbocycles. The van der Waals surface area contributed by atoms with Crippen molar-refractivity contribution in [2.45, 2.75) is 13.5 Å². The summed E-state index contributed by atoms with van der Waals surface area (Å²) in [5.74, 6) is -1.02. The first kappa shape index (κ1) is 22.1. The summed E-state index contributed by atoms with van der Waals surface area (Å²) in [4.78, 5) is 27.5. The number of para-hydroxylation sites is 1. The molecule has 3 aromatic carbocycles. The van der Waals surface area contributed by atoms with Crippen LogP contribution in [0.5, 0.6) is 0 Å². The molecule has 5 nitrogen and oxygen atoms in total. The van der Waals surface area contributed by atoms with Gasteiger partial charge < -0.3 is 4.57 Å². The summed E-state index contributed by atoms with van der Waals surface area (Å²) in [5, 5.41) is 4.07. The number of fused-ring (bicyclic) bond motifs is 1. The second-order valence-corrected chi connectivity index (χ2v) is 8.98. The Morgan fingerprint density at radius 1 is 1.00 bits per heavy atom. The summed E-state index contributed by atoms with van der Waals surface area (Å²) in [6.45, 7) is 2.74. The molecule has 0 atom stereocenters. The number of hydrogen-bond donors (Lipinski definition) is 1. The molecule has 1 fully saturated rings. The Bertz CT molecular complexity index is 1500. The third kappa shape index (κ3) is 4.14. The standard InChI is InChI=1S/C27H20ClN3O2S/c1-17-6-4-7-18(12-17)15-30-16-19(22-10-2-3-11-24(22)30)13-23-25(32)29-27(34)31(26(23)33)21-9-5-8-20(28)14-21/h2-14,16H,15H2,1H3,(H,29,32,34)/b23-13+. The van der Waals surface area contributed by atoms with Crippen molar-refractivity contribution in [3.63, 3.8) is 0 Å². The molecule has 0 spiro atoms. The molecule has 1 saturated heterocycles. The molecule has 1 N–H and O–H groups in total. The number of hydrogen-bond acceptors (Lipinski definition) is 3.